The van der Waals surface area contributed by atoms with Gasteiger partial charge in [-0.25, -0.2) is 0 Å². The predicted molar refractivity (Wildman–Crippen MR) is 103 cm³/mol. The average Bonchev–Trinajstić information content (AvgIpc) is 3.10. The van der Waals surface area contributed by atoms with E-state index < -0.39 is 11.2 Å². The number of hydrogen-bond donors (Lipinski definition) is 1. The molecule has 1 aliphatic carbocycles. The van der Waals surface area contributed by atoms with Gasteiger partial charge in [-0.2, -0.15) is 0 Å². The Labute approximate surface area is 162 Å². The predicted octanol–water partition coefficient (Wildman–Crippen LogP) is 4.57. The van der Waals surface area contributed by atoms with Crippen LogP contribution in [0, 0.1) is 0 Å². The standard InChI is InChI=1S/C23H17ClO3/c24-17-12-10-16(11-13-17)23-19(15-6-2-1-3-7-15)14-21(25)22(23,26)18-8-4-5-9-20(18)27-23/h1-13,19,26H,14H2/t19-,22-,23-/m0/s1. The molecule has 3 aromatic rings. The van der Waals surface area contributed by atoms with Crippen molar-refractivity contribution in [2.75, 3.05) is 0 Å². The molecule has 3 aromatic carbocycles. The fourth-order valence-corrected chi connectivity index (χ4v) is 4.79. The van der Waals surface area contributed by atoms with Crippen LogP contribution in [-0.2, 0) is 16.0 Å². The molecular formula is C23H17ClO3. The number of ether oxygens (including phenoxy) is 1. The van der Waals surface area contributed by atoms with Crippen molar-refractivity contribution in [1.29, 1.82) is 0 Å². The lowest BCUT2D eigenvalue weighted by Gasteiger charge is -2.39. The molecule has 1 aliphatic heterocycles. The number of hydrogen-bond acceptors (Lipinski definition) is 3. The first-order valence-corrected chi connectivity index (χ1v) is 9.30. The van der Waals surface area contributed by atoms with Gasteiger partial charge in [0.15, 0.2) is 17.0 Å². The van der Waals surface area contributed by atoms with E-state index in [1.807, 2.05) is 54.6 Å². The Hall–Kier alpha value is -2.62. The topological polar surface area (TPSA) is 46.5 Å². The molecule has 1 saturated carbocycles. The van der Waals surface area contributed by atoms with Gasteiger partial charge in [-0.05, 0) is 29.3 Å². The van der Waals surface area contributed by atoms with E-state index in [1.54, 1.807) is 24.3 Å². The van der Waals surface area contributed by atoms with Crippen LogP contribution in [0.1, 0.15) is 29.0 Å². The van der Waals surface area contributed by atoms with Crippen LogP contribution in [-0.4, -0.2) is 10.9 Å². The second-order valence-electron chi connectivity index (χ2n) is 7.14. The number of fused-ring (bicyclic) bond motifs is 3. The summed E-state index contributed by atoms with van der Waals surface area (Å²) in [6.45, 7) is 0. The van der Waals surface area contributed by atoms with Gasteiger partial charge < -0.3 is 9.84 Å². The van der Waals surface area contributed by atoms with Crippen molar-refractivity contribution in [3.05, 3.63) is 101 Å². The Morgan fingerprint density at radius 1 is 0.926 bits per heavy atom. The largest absolute Gasteiger partial charge is 0.478 e. The second kappa shape index (κ2) is 5.69. The van der Waals surface area contributed by atoms with Crippen LogP contribution in [0.3, 0.4) is 0 Å². The van der Waals surface area contributed by atoms with Crippen molar-refractivity contribution in [2.45, 2.75) is 23.5 Å². The number of Topliss-reactive ketones (excluding diaryl/α,β-unsaturated/α-hetero) is 1. The number of aliphatic hydroxyl groups is 1. The summed E-state index contributed by atoms with van der Waals surface area (Å²) in [4.78, 5) is 13.2. The third-order valence-electron chi connectivity index (χ3n) is 5.84. The van der Waals surface area contributed by atoms with Gasteiger partial charge in [-0.15, -0.1) is 0 Å². The normalized spacial score (nSPS) is 28.5. The summed E-state index contributed by atoms with van der Waals surface area (Å²) in [6.07, 6.45) is 0.206. The maximum absolute atomic E-state index is 13.2. The third-order valence-corrected chi connectivity index (χ3v) is 6.10. The minimum atomic E-state index is -1.74. The Bertz CT molecular complexity index is 1030. The zero-order valence-corrected chi connectivity index (χ0v) is 15.2. The van der Waals surface area contributed by atoms with Crippen LogP contribution in [0.4, 0.5) is 0 Å². The average molecular weight is 377 g/mol. The first kappa shape index (κ1) is 16.5. The van der Waals surface area contributed by atoms with Crippen molar-refractivity contribution < 1.29 is 14.6 Å². The molecule has 2 aliphatic rings. The number of para-hydroxylation sites is 1. The zero-order valence-electron chi connectivity index (χ0n) is 14.4. The molecule has 1 heterocycles. The van der Waals surface area contributed by atoms with Gasteiger partial charge in [0.1, 0.15) is 5.75 Å². The number of halogens is 1. The highest BCUT2D eigenvalue weighted by molar-refractivity contribution is 6.30. The number of rotatable bonds is 2. The Balaban J connectivity index is 1.82. The van der Waals surface area contributed by atoms with Crippen LogP contribution in [0.15, 0.2) is 78.9 Å². The van der Waals surface area contributed by atoms with E-state index in [0.717, 1.165) is 11.1 Å². The van der Waals surface area contributed by atoms with Crippen LogP contribution in [0.2, 0.25) is 5.02 Å². The lowest BCUT2D eigenvalue weighted by atomic mass is 9.71. The van der Waals surface area contributed by atoms with Gasteiger partial charge in [0.2, 0.25) is 0 Å². The highest BCUT2D eigenvalue weighted by Gasteiger charge is 2.72. The minimum absolute atomic E-state index is 0.206. The first-order valence-electron chi connectivity index (χ1n) is 8.92. The molecule has 0 unspecified atom stereocenters. The molecule has 0 saturated heterocycles. The molecule has 0 spiro atoms. The Kier molecular flexibility index (Phi) is 3.48. The summed E-state index contributed by atoms with van der Waals surface area (Å²) in [5.41, 5.74) is -0.726. The van der Waals surface area contributed by atoms with Crippen LogP contribution in [0.5, 0.6) is 5.75 Å². The summed E-state index contributed by atoms with van der Waals surface area (Å²) >= 11 is 6.09. The van der Waals surface area contributed by atoms with Crippen molar-refractivity contribution in [3.8, 4) is 5.75 Å². The van der Waals surface area contributed by atoms with Crippen molar-refractivity contribution in [2.24, 2.45) is 0 Å². The molecule has 1 fully saturated rings. The fourth-order valence-electron chi connectivity index (χ4n) is 4.66. The maximum atomic E-state index is 13.2. The van der Waals surface area contributed by atoms with Gasteiger partial charge in [0.05, 0.1) is 0 Å². The second-order valence-corrected chi connectivity index (χ2v) is 7.58. The highest BCUT2D eigenvalue weighted by atomic mass is 35.5. The van der Waals surface area contributed by atoms with Crippen LogP contribution >= 0.6 is 11.6 Å². The summed E-state index contributed by atoms with van der Waals surface area (Å²) < 4.78 is 6.47. The minimum Gasteiger partial charge on any atom is -0.478 e. The molecule has 0 radical (unpaired) electrons. The van der Waals surface area contributed by atoms with Gasteiger partial charge in [0.25, 0.3) is 0 Å². The van der Waals surface area contributed by atoms with E-state index in [2.05, 4.69) is 0 Å². The lowest BCUT2D eigenvalue weighted by Crippen LogP contribution is -2.50. The van der Waals surface area contributed by atoms with E-state index >= 15 is 0 Å². The number of carbonyl (C=O) groups excluding carboxylic acids is 1. The lowest BCUT2D eigenvalue weighted by molar-refractivity contribution is -0.151. The van der Waals surface area contributed by atoms with Gasteiger partial charge in [-0.1, -0.05) is 72.3 Å². The van der Waals surface area contributed by atoms with Crippen molar-refractivity contribution in [3.63, 3.8) is 0 Å². The van der Waals surface area contributed by atoms with E-state index in [9.17, 15) is 9.90 Å². The molecule has 1 N–H and O–H groups in total. The van der Waals surface area contributed by atoms with E-state index in [1.165, 1.54) is 0 Å². The van der Waals surface area contributed by atoms with Crippen LogP contribution in [0.25, 0.3) is 0 Å². The number of carbonyl (C=O) groups is 1. The van der Waals surface area contributed by atoms with Crippen molar-refractivity contribution in [1.82, 2.24) is 0 Å². The molecule has 0 aromatic heterocycles. The smallest absolute Gasteiger partial charge is 0.196 e. The molecule has 0 bridgehead atoms. The molecule has 5 rings (SSSR count). The monoisotopic (exact) mass is 376 g/mol. The van der Waals surface area contributed by atoms with E-state index in [0.29, 0.717) is 16.3 Å². The number of benzene rings is 3. The molecule has 4 heteroatoms. The van der Waals surface area contributed by atoms with E-state index in [4.69, 9.17) is 16.3 Å². The van der Waals surface area contributed by atoms with Gasteiger partial charge >= 0.3 is 0 Å². The summed E-state index contributed by atoms with van der Waals surface area (Å²) in [6, 6.07) is 24.2. The number of ketones is 1. The SMILES string of the molecule is O=C1C[C@@H](c2ccccc2)[C@]2(c3ccc(Cl)cc3)Oc3ccccc3[C@]12O. The van der Waals surface area contributed by atoms with Crippen molar-refractivity contribution >= 4 is 17.4 Å². The summed E-state index contributed by atoms with van der Waals surface area (Å²) in [5, 5.41) is 12.4. The third kappa shape index (κ3) is 2.04. The van der Waals surface area contributed by atoms with Gasteiger partial charge in [-0.3, -0.25) is 4.79 Å². The zero-order chi connectivity index (χ0) is 18.6. The molecule has 27 heavy (non-hydrogen) atoms. The Morgan fingerprint density at radius 2 is 1.59 bits per heavy atom. The highest BCUT2D eigenvalue weighted by Crippen LogP contribution is 2.64. The van der Waals surface area contributed by atoms with E-state index in [-0.39, 0.29) is 18.1 Å². The summed E-state index contributed by atoms with van der Waals surface area (Å²) in [5.74, 6) is 0.00459. The maximum Gasteiger partial charge on any atom is 0.196 e. The molecule has 3 nitrogen and oxygen atoms in total. The van der Waals surface area contributed by atoms with Gasteiger partial charge in [0, 0.05) is 22.9 Å². The molecule has 3 atom stereocenters. The molecule has 134 valence electrons. The first-order chi connectivity index (χ1) is 13.1. The summed E-state index contributed by atoms with van der Waals surface area (Å²) in [7, 11) is 0. The molecule has 0 amide bonds. The quantitative estimate of drug-likeness (QED) is 0.712. The van der Waals surface area contributed by atoms with Crippen LogP contribution < -0.4 is 4.74 Å². The molecular weight excluding hydrogens is 360 g/mol. The fraction of sp³-hybridized carbons (Fsp3) is 0.174. The Morgan fingerprint density at radius 3 is 2.33 bits per heavy atom.